The Balaban J connectivity index is 1.64. The van der Waals surface area contributed by atoms with Crippen molar-refractivity contribution in [2.24, 2.45) is 5.92 Å². The fourth-order valence-electron chi connectivity index (χ4n) is 4.96. The van der Waals surface area contributed by atoms with Crippen molar-refractivity contribution >= 4 is 29.1 Å². The molecule has 1 aromatic heterocycles. The molecule has 1 unspecified atom stereocenters. The van der Waals surface area contributed by atoms with Gasteiger partial charge in [0, 0.05) is 28.6 Å². The zero-order valence-electron chi connectivity index (χ0n) is 17.1. The summed E-state index contributed by atoms with van der Waals surface area (Å²) in [5.41, 5.74) is 3.24. The third kappa shape index (κ3) is 4.22. The molecule has 1 aliphatic heterocycles. The Morgan fingerprint density at radius 2 is 1.68 bits per heavy atom. The van der Waals surface area contributed by atoms with Crippen LogP contribution in [0.1, 0.15) is 60.5 Å². The summed E-state index contributed by atoms with van der Waals surface area (Å²) in [4.78, 5) is 20.3. The number of carbonyl (C=O) groups is 1. The zero-order valence-corrected chi connectivity index (χ0v) is 18.6. The lowest BCUT2D eigenvalue weighted by atomic mass is 9.78. The molecule has 5 rings (SSSR count). The Morgan fingerprint density at radius 3 is 2.35 bits per heavy atom. The lowest BCUT2D eigenvalue weighted by molar-refractivity contribution is -0.142. The minimum Gasteiger partial charge on any atom is -0.326 e. The Kier molecular flexibility index (Phi) is 5.73. The molecule has 3 nitrogen and oxygen atoms in total. The molecule has 0 spiro atoms. The normalized spacial score (nSPS) is 22.4. The smallest absolute Gasteiger partial charge is 0.223 e. The lowest BCUT2D eigenvalue weighted by Crippen LogP contribution is -2.45. The van der Waals surface area contributed by atoms with Crippen molar-refractivity contribution in [1.82, 2.24) is 9.88 Å². The largest absolute Gasteiger partial charge is 0.326 e. The molecule has 0 N–H and O–H groups in total. The number of benzene rings is 2. The van der Waals surface area contributed by atoms with Crippen LogP contribution in [0.3, 0.4) is 0 Å². The van der Waals surface area contributed by atoms with Crippen LogP contribution in [0.25, 0.3) is 0 Å². The van der Waals surface area contributed by atoms with Gasteiger partial charge in [-0.25, -0.2) is 0 Å². The van der Waals surface area contributed by atoms with Crippen LogP contribution in [0.2, 0.25) is 10.0 Å². The van der Waals surface area contributed by atoms with Gasteiger partial charge in [-0.3, -0.25) is 9.78 Å². The molecule has 5 heteroatoms. The molecule has 1 amide bonds. The van der Waals surface area contributed by atoms with E-state index in [-0.39, 0.29) is 23.9 Å². The van der Waals surface area contributed by atoms with Crippen LogP contribution in [0.15, 0.2) is 72.9 Å². The van der Waals surface area contributed by atoms with Crippen molar-refractivity contribution in [1.29, 1.82) is 0 Å². The molecule has 2 heterocycles. The SMILES string of the molecule is O=C1CC[C@H](c2cccc(Cl)c2)C(c2ccc(Cl)cc2)N1[C@H](c1ccccn1)C1CC1. The van der Waals surface area contributed by atoms with Crippen LogP contribution < -0.4 is 0 Å². The Bertz CT molecular complexity index is 1070. The fourth-order valence-corrected chi connectivity index (χ4v) is 5.28. The molecule has 3 aromatic rings. The molecule has 1 saturated carbocycles. The number of likely N-dealkylation sites (tertiary alicyclic amines) is 1. The van der Waals surface area contributed by atoms with Crippen molar-refractivity contribution in [3.63, 3.8) is 0 Å². The Labute approximate surface area is 193 Å². The second kappa shape index (κ2) is 8.64. The van der Waals surface area contributed by atoms with E-state index in [2.05, 4.69) is 34.1 Å². The fraction of sp³-hybridized carbons (Fsp3) is 0.308. The number of amides is 1. The minimum atomic E-state index is -0.0930. The van der Waals surface area contributed by atoms with E-state index in [0.29, 0.717) is 17.4 Å². The van der Waals surface area contributed by atoms with Gasteiger partial charge >= 0.3 is 0 Å². The van der Waals surface area contributed by atoms with Crippen LogP contribution in [0.4, 0.5) is 0 Å². The van der Waals surface area contributed by atoms with E-state index in [1.54, 1.807) is 0 Å². The van der Waals surface area contributed by atoms with Gasteiger partial charge in [0.1, 0.15) is 0 Å². The third-order valence-corrected chi connectivity index (χ3v) is 6.97. The van der Waals surface area contributed by atoms with E-state index in [4.69, 9.17) is 23.2 Å². The quantitative estimate of drug-likeness (QED) is 0.419. The third-order valence-electron chi connectivity index (χ3n) is 6.49. The van der Waals surface area contributed by atoms with E-state index in [9.17, 15) is 4.79 Å². The van der Waals surface area contributed by atoms with Crippen LogP contribution in [-0.4, -0.2) is 15.8 Å². The number of pyridine rings is 1. The first kappa shape index (κ1) is 20.5. The van der Waals surface area contributed by atoms with Gasteiger partial charge in [0.2, 0.25) is 5.91 Å². The van der Waals surface area contributed by atoms with Crippen LogP contribution in [0, 0.1) is 5.92 Å². The first-order valence-corrected chi connectivity index (χ1v) is 11.6. The van der Waals surface area contributed by atoms with Gasteiger partial charge in [0.05, 0.1) is 17.8 Å². The van der Waals surface area contributed by atoms with Crippen LogP contribution >= 0.6 is 23.2 Å². The molecule has 3 atom stereocenters. The van der Waals surface area contributed by atoms with Gasteiger partial charge in [-0.05, 0) is 72.7 Å². The second-order valence-corrected chi connectivity index (χ2v) is 9.41. The molecule has 2 aliphatic rings. The number of piperidine rings is 1. The maximum atomic E-state index is 13.5. The van der Waals surface area contributed by atoms with E-state index >= 15 is 0 Å². The number of nitrogens with zero attached hydrogens (tertiary/aromatic N) is 2. The predicted molar refractivity (Wildman–Crippen MR) is 124 cm³/mol. The molecule has 0 radical (unpaired) electrons. The average molecular weight is 451 g/mol. The van der Waals surface area contributed by atoms with Crippen molar-refractivity contribution in [3.8, 4) is 0 Å². The molecule has 2 aromatic carbocycles. The Morgan fingerprint density at radius 1 is 0.871 bits per heavy atom. The van der Waals surface area contributed by atoms with Crippen molar-refractivity contribution in [2.75, 3.05) is 0 Å². The highest BCUT2D eigenvalue weighted by atomic mass is 35.5. The topological polar surface area (TPSA) is 33.2 Å². The van der Waals surface area contributed by atoms with Crippen molar-refractivity contribution in [2.45, 2.75) is 43.7 Å². The standard InChI is InChI=1S/C26H24Cl2N2O/c27-20-11-9-17(10-12-20)25-22(19-4-3-5-21(28)16-19)13-14-24(31)30(25)26(18-7-8-18)23-6-1-2-15-29-23/h1-6,9-12,15-16,18,22,25-26H,7-8,13-14H2/t22-,25?,26+/m1/s1. The summed E-state index contributed by atoms with van der Waals surface area (Å²) in [6.07, 6.45) is 5.39. The summed E-state index contributed by atoms with van der Waals surface area (Å²) in [5.74, 6) is 0.801. The molecule has 1 aliphatic carbocycles. The number of halogens is 2. The molecule has 0 bridgehead atoms. The molecular weight excluding hydrogens is 427 g/mol. The number of hydrogen-bond donors (Lipinski definition) is 0. The molecule has 158 valence electrons. The summed E-state index contributed by atoms with van der Waals surface area (Å²) in [6.45, 7) is 0. The second-order valence-electron chi connectivity index (χ2n) is 8.53. The highest BCUT2D eigenvalue weighted by Gasteiger charge is 2.47. The van der Waals surface area contributed by atoms with Crippen LogP contribution in [0.5, 0.6) is 0 Å². The van der Waals surface area contributed by atoms with E-state index in [1.807, 2.05) is 48.7 Å². The zero-order chi connectivity index (χ0) is 21.4. The van der Waals surface area contributed by atoms with E-state index < -0.39 is 0 Å². The highest BCUT2D eigenvalue weighted by Crippen LogP contribution is 2.52. The van der Waals surface area contributed by atoms with E-state index in [1.165, 1.54) is 5.56 Å². The van der Waals surface area contributed by atoms with Gasteiger partial charge in [-0.2, -0.15) is 0 Å². The number of hydrogen-bond acceptors (Lipinski definition) is 2. The Hall–Kier alpha value is -2.36. The number of rotatable bonds is 5. The number of aromatic nitrogens is 1. The van der Waals surface area contributed by atoms with Crippen molar-refractivity contribution < 1.29 is 4.79 Å². The lowest BCUT2D eigenvalue weighted by Gasteiger charge is -2.46. The molecule has 2 fully saturated rings. The first-order valence-electron chi connectivity index (χ1n) is 10.8. The van der Waals surface area contributed by atoms with Crippen LogP contribution in [-0.2, 0) is 4.79 Å². The highest BCUT2D eigenvalue weighted by molar-refractivity contribution is 6.30. The summed E-state index contributed by atoms with van der Waals surface area (Å²) >= 11 is 12.6. The summed E-state index contributed by atoms with van der Waals surface area (Å²) in [5, 5.41) is 1.42. The maximum Gasteiger partial charge on any atom is 0.223 e. The van der Waals surface area contributed by atoms with Gasteiger partial charge in [0.15, 0.2) is 0 Å². The van der Waals surface area contributed by atoms with Gasteiger partial charge in [-0.15, -0.1) is 0 Å². The summed E-state index contributed by atoms with van der Waals surface area (Å²) < 4.78 is 0. The van der Waals surface area contributed by atoms with Gasteiger partial charge in [0.25, 0.3) is 0 Å². The summed E-state index contributed by atoms with van der Waals surface area (Å²) in [6, 6.07) is 21.9. The molecule has 1 saturated heterocycles. The molecule has 31 heavy (non-hydrogen) atoms. The van der Waals surface area contributed by atoms with E-state index in [0.717, 1.165) is 35.5 Å². The minimum absolute atomic E-state index is 0.0173. The number of carbonyl (C=O) groups excluding carboxylic acids is 1. The van der Waals surface area contributed by atoms with Gasteiger partial charge in [-0.1, -0.05) is 53.5 Å². The monoisotopic (exact) mass is 450 g/mol. The molecular formula is C26H24Cl2N2O. The van der Waals surface area contributed by atoms with Gasteiger partial charge < -0.3 is 4.90 Å². The average Bonchev–Trinajstić information content (AvgIpc) is 3.62. The van der Waals surface area contributed by atoms with Crippen molar-refractivity contribution in [3.05, 3.63) is 99.8 Å². The first-order chi connectivity index (χ1) is 15.1. The summed E-state index contributed by atoms with van der Waals surface area (Å²) in [7, 11) is 0. The predicted octanol–water partition coefficient (Wildman–Crippen LogP) is 6.99. The maximum absolute atomic E-state index is 13.5.